The smallest absolute Gasteiger partial charge is 0.309 e. The maximum Gasteiger partial charge on any atom is 0.309 e. The summed E-state index contributed by atoms with van der Waals surface area (Å²) in [6, 6.07) is 15.0. The molecule has 0 saturated heterocycles. The van der Waals surface area contributed by atoms with E-state index in [4.69, 9.17) is 4.74 Å². The molecule has 2 N–H and O–H groups in total. The minimum absolute atomic E-state index is 0. The summed E-state index contributed by atoms with van der Waals surface area (Å²) in [5.74, 6) is -0.171. The van der Waals surface area contributed by atoms with Gasteiger partial charge in [0, 0.05) is 23.1 Å². The number of aromatic nitrogens is 2. The number of benzene rings is 2. The second-order valence-corrected chi connectivity index (χ2v) is 5.25. The fraction of sp³-hybridized carbons (Fsp3) is 0.0556. The van der Waals surface area contributed by atoms with Gasteiger partial charge in [-0.1, -0.05) is 36.4 Å². The molecule has 0 atom stereocenters. The van der Waals surface area contributed by atoms with Gasteiger partial charge in [-0.15, -0.1) is 0 Å². The van der Waals surface area contributed by atoms with Gasteiger partial charge in [-0.25, -0.2) is 4.98 Å². The molecular weight excluding hydrogens is 308 g/mol. The van der Waals surface area contributed by atoms with Gasteiger partial charge in [0.15, 0.2) is 0 Å². The molecule has 0 amide bonds. The summed E-state index contributed by atoms with van der Waals surface area (Å²) in [5, 5.41) is 2.35. The van der Waals surface area contributed by atoms with Crippen molar-refractivity contribution in [3.63, 3.8) is 0 Å². The fourth-order valence-electron chi connectivity index (χ4n) is 2.98. The van der Waals surface area contributed by atoms with Crippen LogP contribution in [-0.2, 0) is 9.59 Å². The van der Waals surface area contributed by atoms with Crippen LogP contribution >= 0.6 is 0 Å². The Balaban J connectivity index is 0.00000169. The lowest BCUT2D eigenvalue weighted by molar-refractivity contribution is -0.132. The van der Waals surface area contributed by atoms with E-state index in [9.17, 15) is 9.59 Å². The molecule has 120 valence electrons. The zero-order chi connectivity index (χ0) is 16.0. The zero-order valence-electron chi connectivity index (χ0n) is 12.8. The first-order valence-corrected chi connectivity index (χ1v) is 7.16. The van der Waals surface area contributed by atoms with E-state index >= 15 is 0 Å². The molecule has 24 heavy (non-hydrogen) atoms. The lowest BCUT2D eigenvalue weighted by atomic mass is 10.1. The average molecular weight is 322 g/mol. The van der Waals surface area contributed by atoms with Crippen molar-refractivity contribution in [2.45, 2.75) is 6.92 Å². The third-order valence-electron chi connectivity index (χ3n) is 3.86. The van der Waals surface area contributed by atoms with Gasteiger partial charge in [-0.2, -0.15) is 0 Å². The van der Waals surface area contributed by atoms with E-state index in [0.29, 0.717) is 16.4 Å². The molecule has 6 heteroatoms. The van der Waals surface area contributed by atoms with Crippen molar-refractivity contribution in [2.24, 2.45) is 0 Å². The summed E-state index contributed by atoms with van der Waals surface area (Å²) in [6.07, 6.45) is 0.782. The SMILES string of the molecule is CC(=O)Oc1nc2c3ccccc3n(C=O)c2c2ccccc12.O. The van der Waals surface area contributed by atoms with E-state index in [-0.39, 0.29) is 11.4 Å². The van der Waals surface area contributed by atoms with Crippen LogP contribution in [0.4, 0.5) is 0 Å². The molecule has 6 nitrogen and oxygen atoms in total. The molecule has 0 bridgehead atoms. The number of carbonyl (C=O) groups is 2. The van der Waals surface area contributed by atoms with Gasteiger partial charge < -0.3 is 10.2 Å². The predicted molar refractivity (Wildman–Crippen MR) is 91.8 cm³/mol. The Labute approximate surface area is 136 Å². The van der Waals surface area contributed by atoms with Crippen LogP contribution < -0.4 is 4.74 Å². The second-order valence-electron chi connectivity index (χ2n) is 5.25. The van der Waals surface area contributed by atoms with Gasteiger partial charge >= 0.3 is 5.97 Å². The third kappa shape index (κ3) is 2.12. The topological polar surface area (TPSA) is 92.7 Å². The van der Waals surface area contributed by atoms with E-state index in [1.165, 1.54) is 6.92 Å². The largest absolute Gasteiger partial charge is 0.412 e. The Morgan fingerprint density at radius 3 is 2.33 bits per heavy atom. The van der Waals surface area contributed by atoms with Crippen molar-refractivity contribution in [3.8, 4) is 5.88 Å². The number of esters is 1. The minimum Gasteiger partial charge on any atom is -0.412 e. The first-order chi connectivity index (χ1) is 11.2. The highest BCUT2D eigenvalue weighted by molar-refractivity contribution is 6.19. The summed E-state index contributed by atoms with van der Waals surface area (Å²) < 4.78 is 6.86. The summed E-state index contributed by atoms with van der Waals surface area (Å²) in [7, 11) is 0. The summed E-state index contributed by atoms with van der Waals surface area (Å²) in [5.41, 5.74) is 2.13. The van der Waals surface area contributed by atoms with Gasteiger partial charge in [0.25, 0.3) is 0 Å². The molecular formula is C18H14N2O4. The Morgan fingerprint density at radius 1 is 1.04 bits per heavy atom. The van der Waals surface area contributed by atoms with Crippen LogP contribution in [0.2, 0.25) is 0 Å². The third-order valence-corrected chi connectivity index (χ3v) is 3.86. The molecule has 0 saturated carbocycles. The first kappa shape index (κ1) is 15.6. The van der Waals surface area contributed by atoms with Gasteiger partial charge in [0.1, 0.15) is 5.52 Å². The van der Waals surface area contributed by atoms with Crippen LogP contribution in [0.15, 0.2) is 48.5 Å². The summed E-state index contributed by atoms with van der Waals surface area (Å²) in [6.45, 7) is 1.34. The molecule has 2 heterocycles. The lowest BCUT2D eigenvalue weighted by Gasteiger charge is -2.07. The molecule has 0 radical (unpaired) electrons. The molecule has 0 aliphatic carbocycles. The Bertz CT molecular complexity index is 1100. The predicted octanol–water partition coefficient (Wildman–Crippen LogP) is 2.48. The molecule has 0 aliphatic rings. The number of para-hydroxylation sites is 1. The Hall–Kier alpha value is -3.25. The van der Waals surface area contributed by atoms with E-state index in [1.54, 1.807) is 4.57 Å². The highest BCUT2D eigenvalue weighted by Crippen LogP contribution is 2.35. The van der Waals surface area contributed by atoms with Crippen LogP contribution in [-0.4, -0.2) is 27.4 Å². The number of fused-ring (bicyclic) bond motifs is 5. The Morgan fingerprint density at radius 2 is 1.67 bits per heavy atom. The standard InChI is InChI=1S/C18H12N2O3.H2O/c1-11(22)23-18-13-7-3-2-6-12(13)17-16(19-18)14-8-4-5-9-15(14)20(17)10-21;/h2-10H,1H3;1H2. The maximum absolute atomic E-state index is 11.7. The monoisotopic (exact) mass is 322 g/mol. The second kappa shape index (κ2) is 5.75. The van der Waals surface area contributed by atoms with E-state index in [2.05, 4.69) is 4.98 Å². The number of hydrogen-bond acceptors (Lipinski definition) is 4. The van der Waals surface area contributed by atoms with Crippen molar-refractivity contribution >= 4 is 45.1 Å². The van der Waals surface area contributed by atoms with Gasteiger partial charge in [0.2, 0.25) is 12.3 Å². The van der Waals surface area contributed by atoms with Crippen molar-refractivity contribution in [1.29, 1.82) is 0 Å². The van der Waals surface area contributed by atoms with Crippen molar-refractivity contribution in [1.82, 2.24) is 9.55 Å². The van der Waals surface area contributed by atoms with Crippen molar-refractivity contribution in [3.05, 3.63) is 48.5 Å². The minimum atomic E-state index is -0.430. The quantitative estimate of drug-likeness (QED) is 0.418. The summed E-state index contributed by atoms with van der Waals surface area (Å²) in [4.78, 5) is 27.6. The molecule has 0 aliphatic heterocycles. The van der Waals surface area contributed by atoms with Crippen LogP contribution in [0.3, 0.4) is 0 Å². The summed E-state index contributed by atoms with van der Waals surface area (Å²) >= 11 is 0. The fourth-order valence-corrected chi connectivity index (χ4v) is 2.98. The number of carbonyl (C=O) groups excluding carboxylic acids is 2. The molecule has 4 aromatic rings. The number of nitrogens with zero attached hydrogens (tertiary/aromatic N) is 2. The van der Waals surface area contributed by atoms with Crippen molar-refractivity contribution in [2.75, 3.05) is 0 Å². The molecule has 0 spiro atoms. The van der Waals surface area contributed by atoms with Crippen LogP contribution in [0.5, 0.6) is 5.88 Å². The molecule has 2 aromatic carbocycles. The van der Waals surface area contributed by atoms with Crippen LogP contribution in [0, 0.1) is 0 Å². The van der Waals surface area contributed by atoms with Gasteiger partial charge in [-0.3, -0.25) is 14.2 Å². The highest BCUT2D eigenvalue weighted by Gasteiger charge is 2.18. The number of hydrogen-bond donors (Lipinski definition) is 0. The van der Waals surface area contributed by atoms with E-state index < -0.39 is 5.97 Å². The lowest BCUT2D eigenvalue weighted by Crippen LogP contribution is -2.04. The van der Waals surface area contributed by atoms with Crippen LogP contribution in [0.25, 0.3) is 32.7 Å². The number of rotatable bonds is 2. The number of pyridine rings is 1. The average Bonchev–Trinajstić information content (AvgIpc) is 2.88. The zero-order valence-corrected chi connectivity index (χ0v) is 12.8. The van der Waals surface area contributed by atoms with Crippen LogP contribution in [0.1, 0.15) is 6.92 Å². The Kier molecular flexibility index (Phi) is 3.75. The molecule has 4 rings (SSSR count). The molecule has 2 aromatic heterocycles. The van der Waals surface area contributed by atoms with Gasteiger partial charge in [0.05, 0.1) is 11.0 Å². The first-order valence-electron chi connectivity index (χ1n) is 7.16. The molecule has 0 fully saturated rings. The molecule has 0 unspecified atom stereocenters. The van der Waals surface area contributed by atoms with E-state index in [1.807, 2.05) is 48.5 Å². The van der Waals surface area contributed by atoms with Gasteiger partial charge in [-0.05, 0) is 12.1 Å². The number of ether oxygens (including phenoxy) is 1. The highest BCUT2D eigenvalue weighted by atomic mass is 16.5. The van der Waals surface area contributed by atoms with E-state index in [0.717, 1.165) is 22.7 Å². The maximum atomic E-state index is 11.7. The van der Waals surface area contributed by atoms with Crippen molar-refractivity contribution < 1.29 is 19.8 Å². The normalized spacial score (nSPS) is 10.7.